The summed E-state index contributed by atoms with van der Waals surface area (Å²) in [4.78, 5) is 4.87. The summed E-state index contributed by atoms with van der Waals surface area (Å²) in [6.45, 7) is 11.9. The summed E-state index contributed by atoms with van der Waals surface area (Å²) >= 11 is 0. The van der Waals surface area contributed by atoms with E-state index in [0.717, 1.165) is 58.7 Å². The van der Waals surface area contributed by atoms with Gasteiger partial charge in [0, 0.05) is 39.3 Å². The maximum atomic E-state index is 8.91. The summed E-state index contributed by atoms with van der Waals surface area (Å²) in [5.74, 6) is 0. The first-order chi connectivity index (χ1) is 8.19. The van der Waals surface area contributed by atoms with Gasteiger partial charge in [-0.25, -0.2) is 0 Å². The number of hydrogen-bond donors (Lipinski definition) is 2. The smallest absolute Gasteiger partial charge is 0.0558 e. The van der Waals surface area contributed by atoms with Crippen molar-refractivity contribution < 1.29 is 5.11 Å². The molecule has 1 saturated heterocycles. The van der Waals surface area contributed by atoms with Crippen LogP contribution >= 0.6 is 0 Å². The summed E-state index contributed by atoms with van der Waals surface area (Å²) < 4.78 is 0. The van der Waals surface area contributed by atoms with Crippen LogP contribution in [-0.2, 0) is 0 Å². The van der Waals surface area contributed by atoms with Crippen molar-refractivity contribution in [2.45, 2.75) is 26.7 Å². The number of aliphatic hydroxyl groups excluding tert-OH is 1. The average molecular weight is 243 g/mol. The largest absolute Gasteiger partial charge is 0.395 e. The van der Waals surface area contributed by atoms with E-state index in [1.165, 1.54) is 0 Å². The molecule has 3 N–H and O–H groups in total. The Morgan fingerprint density at radius 3 is 2.00 bits per heavy atom. The third-order valence-electron chi connectivity index (χ3n) is 4.37. The summed E-state index contributed by atoms with van der Waals surface area (Å²) in [7, 11) is 0. The number of aliphatic hydroxyl groups is 1. The van der Waals surface area contributed by atoms with Gasteiger partial charge >= 0.3 is 0 Å². The highest BCUT2D eigenvalue weighted by Gasteiger charge is 2.28. The van der Waals surface area contributed by atoms with E-state index in [9.17, 15) is 0 Å². The van der Waals surface area contributed by atoms with E-state index in [-0.39, 0.29) is 6.61 Å². The summed E-state index contributed by atoms with van der Waals surface area (Å²) in [6.07, 6.45) is 2.33. The third kappa shape index (κ3) is 4.21. The normalized spacial score (nSPS) is 19.8. The molecular weight excluding hydrogens is 214 g/mol. The molecule has 0 saturated carbocycles. The molecule has 1 heterocycles. The molecule has 0 unspecified atom stereocenters. The first-order valence-electron chi connectivity index (χ1n) is 6.95. The third-order valence-corrected chi connectivity index (χ3v) is 4.37. The van der Waals surface area contributed by atoms with E-state index in [1.54, 1.807) is 0 Å². The molecule has 17 heavy (non-hydrogen) atoms. The monoisotopic (exact) mass is 243 g/mol. The van der Waals surface area contributed by atoms with Gasteiger partial charge in [-0.1, -0.05) is 13.8 Å². The Morgan fingerprint density at radius 2 is 1.59 bits per heavy atom. The van der Waals surface area contributed by atoms with E-state index in [2.05, 4.69) is 23.6 Å². The minimum absolute atomic E-state index is 0.274. The minimum atomic E-state index is 0.274. The van der Waals surface area contributed by atoms with Gasteiger partial charge in [-0.3, -0.25) is 4.90 Å². The number of hydrogen-bond acceptors (Lipinski definition) is 4. The quantitative estimate of drug-likeness (QED) is 0.678. The van der Waals surface area contributed by atoms with Gasteiger partial charge in [0.1, 0.15) is 0 Å². The fraction of sp³-hybridized carbons (Fsp3) is 1.00. The molecule has 1 aliphatic rings. The van der Waals surface area contributed by atoms with E-state index in [0.29, 0.717) is 5.41 Å². The Morgan fingerprint density at radius 1 is 1.06 bits per heavy atom. The lowest BCUT2D eigenvalue weighted by molar-refractivity contribution is 0.0737. The fourth-order valence-corrected chi connectivity index (χ4v) is 2.61. The van der Waals surface area contributed by atoms with Gasteiger partial charge in [-0.2, -0.15) is 0 Å². The lowest BCUT2D eigenvalue weighted by Gasteiger charge is -2.40. The molecule has 4 nitrogen and oxygen atoms in total. The Kier molecular flexibility index (Phi) is 6.41. The van der Waals surface area contributed by atoms with Gasteiger partial charge in [-0.15, -0.1) is 0 Å². The second-order valence-corrected chi connectivity index (χ2v) is 5.25. The van der Waals surface area contributed by atoms with Crippen LogP contribution in [0.4, 0.5) is 0 Å². The van der Waals surface area contributed by atoms with Crippen LogP contribution in [0.3, 0.4) is 0 Å². The Balaban J connectivity index is 2.38. The number of piperazine rings is 1. The first-order valence-corrected chi connectivity index (χ1v) is 6.95. The molecule has 0 aromatic rings. The Hall–Kier alpha value is -0.160. The van der Waals surface area contributed by atoms with Gasteiger partial charge in [0.25, 0.3) is 0 Å². The van der Waals surface area contributed by atoms with Crippen LogP contribution in [0.5, 0.6) is 0 Å². The van der Waals surface area contributed by atoms with Crippen LogP contribution in [0, 0.1) is 5.41 Å². The molecule has 4 heteroatoms. The molecular formula is C13H29N3O. The van der Waals surface area contributed by atoms with Crippen LogP contribution in [0.25, 0.3) is 0 Å². The van der Waals surface area contributed by atoms with Gasteiger partial charge in [0.05, 0.1) is 6.61 Å². The number of nitrogens with two attached hydrogens (primary N) is 1. The van der Waals surface area contributed by atoms with Gasteiger partial charge in [0.15, 0.2) is 0 Å². The van der Waals surface area contributed by atoms with Crippen molar-refractivity contribution >= 4 is 0 Å². The first kappa shape index (κ1) is 14.9. The zero-order chi connectivity index (χ0) is 12.7. The summed E-state index contributed by atoms with van der Waals surface area (Å²) in [5.41, 5.74) is 6.26. The summed E-state index contributed by atoms with van der Waals surface area (Å²) in [6, 6.07) is 0. The Labute approximate surface area is 106 Å². The van der Waals surface area contributed by atoms with Crippen molar-refractivity contribution in [2.24, 2.45) is 11.1 Å². The van der Waals surface area contributed by atoms with Crippen molar-refractivity contribution in [3.8, 4) is 0 Å². The molecule has 1 rings (SSSR count). The highest BCUT2D eigenvalue weighted by molar-refractivity contribution is 4.83. The van der Waals surface area contributed by atoms with Crippen LogP contribution in [-0.4, -0.2) is 67.3 Å². The van der Waals surface area contributed by atoms with Crippen LogP contribution in [0.15, 0.2) is 0 Å². The van der Waals surface area contributed by atoms with Crippen molar-refractivity contribution in [2.75, 3.05) is 52.4 Å². The second kappa shape index (κ2) is 7.31. The zero-order valence-corrected chi connectivity index (χ0v) is 11.5. The topological polar surface area (TPSA) is 52.7 Å². The molecule has 0 bridgehead atoms. The van der Waals surface area contributed by atoms with Crippen molar-refractivity contribution in [1.82, 2.24) is 9.80 Å². The van der Waals surface area contributed by atoms with Crippen molar-refractivity contribution in [3.05, 3.63) is 0 Å². The van der Waals surface area contributed by atoms with E-state index in [4.69, 9.17) is 10.8 Å². The lowest BCUT2D eigenvalue weighted by Crippen LogP contribution is -2.51. The van der Waals surface area contributed by atoms with Crippen molar-refractivity contribution in [3.63, 3.8) is 0 Å². The molecule has 102 valence electrons. The second-order valence-electron chi connectivity index (χ2n) is 5.25. The Bertz CT molecular complexity index is 191. The standard InChI is InChI=1S/C13H29N3O/c1-3-13(4-2,11-14)12-16-7-5-15(6-8-16)9-10-17/h17H,3-12,14H2,1-2H3. The molecule has 1 fully saturated rings. The molecule has 0 aliphatic carbocycles. The van der Waals surface area contributed by atoms with Crippen LogP contribution in [0.1, 0.15) is 26.7 Å². The molecule has 0 radical (unpaired) electrons. The number of rotatable bonds is 7. The maximum absolute atomic E-state index is 8.91. The maximum Gasteiger partial charge on any atom is 0.0558 e. The molecule has 0 aromatic heterocycles. The zero-order valence-electron chi connectivity index (χ0n) is 11.5. The number of nitrogens with zero attached hydrogens (tertiary/aromatic N) is 2. The molecule has 0 amide bonds. The molecule has 0 aromatic carbocycles. The number of β-amino-alcohol motifs (C(OH)–C–C–N with tert-alkyl or cyclic N) is 1. The van der Waals surface area contributed by atoms with Gasteiger partial charge in [-0.05, 0) is 24.8 Å². The predicted molar refractivity (Wildman–Crippen MR) is 72.0 cm³/mol. The van der Waals surface area contributed by atoms with Gasteiger partial charge in [0.2, 0.25) is 0 Å². The average Bonchev–Trinajstić information content (AvgIpc) is 2.39. The van der Waals surface area contributed by atoms with E-state index in [1.807, 2.05) is 0 Å². The molecule has 0 spiro atoms. The molecule has 1 aliphatic heterocycles. The predicted octanol–water partition coefficient (Wildman–Crippen LogP) is 0.361. The van der Waals surface area contributed by atoms with Crippen LogP contribution < -0.4 is 5.73 Å². The lowest BCUT2D eigenvalue weighted by atomic mass is 9.82. The summed E-state index contributed by atoms with van der Waals surface area (Å²) in [5, 5.41) is 8.91. The van der Waals surface area contributed by atoms with E-state index < -0.39 is 0 Å². The van der Waals surface area contributed by atoms with Crippen LogP contribution in [0.2, 0.25) is 0 Å². The SMILES string of the molecule is CCC(CC)(CN)CN1CCN(CCO)CC1. The molecule has 0 atom stereocenters. The van der Waals surface area contributed by atoms with Crippen molar-refractivity contribution in [1.29, 1.82) is 0 Å². The van der Waals surface area contributed by atoms with E-state index >= 15 is 0 Å². The highest BCUT2D eigenvalue weighted by atomic mass is 16.3. The highest BCUT2D eigenvalue weighted by Crippen LogP contribution is 2.26. The van der Waals surface area contributed by atoms with Gasteiger partial charge < -0.3 is 15.7 Å². The fourth-order valence-electron chi connectivity index (χ4n) is 2.61. The minimum Gasteiger partial charge on any atom is -0.395 e.